The normalized spacial score (nSPS) is 21.1. The predicted octanol–water partition coefficient (Wildman–Crippen LogP) is 4.82. The maximum absolute atomic E-state index is 5.20. The van der Waals surface area contributed by atoms with Crippen molar-refractivity contribution >= 4 is 21.6 Å². The second kappa shape index (κ2) is 5.88. The van der Waals surface area contributed by atoms with Crippen LogP contribution in [0.15, 0.2) is 53.0 Å². The van der Waals surface area contributed by atoms with Crippen molar-refractivity contribution in [3.63, 3.8) is 0 Å². The summed E-state index contributed by atoms with van der Waals surface area (Å²) in [5.74, 6) is 1.59. The number of anilines is 1. The minimum Gasteiger partial charge on any atom is -0.497 e. The molecule has 0 bridgehead atoms. The Labute approximate surface area is 128 Å². The van der Waals surface area contributed by atoms with Gasteiger partial charge in [-0.05, 0) is 64.5 Å². The van der Waals surface area contributed by atoms with Crippen molar-refractivity contribution in [1.82, 2.24) is 0 Å². The number of nitrogens with one attached hydrogen (secondary N) is 1. The van der Waals surface area contributed by atoms with Crippen molar-refractivity contribution in [2.75, 3.05) is 12.4 Å². The smallest absolute Gasteiger partial charge is 0.118 e. The van der Waals surface area contributed by atoms with Gasteiger partial charge in [-0.2, -0.15) is 0 Å². The van der Waals surface area contributed by atoms with Crippen LogP contribution in [0.1, 0.15) is 24.3 Å². The average molecular weight is 332 g/mol. The summed E-state index contributed by atoms with van der Waals surface area (Å²) in [6, 6.07) is 17.3. The highest BCUT2D eigenvalue weighted by Gasteiger charge is 2.30. The molecule has 0 saturated heterocycles. The van der Waals surface area contributed by atoms with Crippen LogP contribution in [0.5, 0.6) is 5.75 Å². The second-order valence-corrected chi connectivity index (χ2v) is 6.12. The molecule has 0 heterocycles. The van der Waals surface area contributed by atoms with Crippen LogP contribution in [-0.4, -0.2) is 13.2 Å². The molecular formula is C17H18BrNO. The third-order valence-corrected chi connectivity index (χ3v) is 4.65. The van der Waals surface area contributed by atoms with Crippen LogP contribution in [0.25, 0.3) is 0 Å². The van der Waals surface area contributed by atoms with Crippen molar-refractivity contribution in [1.29, 1.82) is 0 Å². The van der Waals surface area contributed by atoms with Crippen molar-refractivity contribution in [3.8, 4) is 5.75 Å². The standard InChI is InChI=1S/C17H18BrNO/c1-20-15-8-6-12(7-9-15)13-10-14(11-13)19-17-5-3-2-4-16(17)18/h2-9,13-14,19H,10-11H2,1H3. The maximum atomic E-state index is 5.20. The van der Waals surface area contributed by atoms with Crippen molar-refractivity contribution in [3.05, 3.63) is 58.6 Å². The van der Waals surface area contributed by atoms with Crippen LogP contribution in [0.2, 0.25) is 0 Å². The predicted molar refractivity (Wildman–Crippen MR) is 86.5 cm³/mol. The molecule has 0 amide bonds. The molecule has 1 saturated carbocycles. The third kappa shape index (κ3) is 2.83. The van der Waals surface area contributed by atoms with Crippen molar-refractivity contribution < 1.29 is 4.74 Å². The minimum absolute atomic E-state index is 0.570. The van der Waals surface area contributed by atoms with Gasteiger partial charge in [-0.1, -0.05) is 24.3 Å². The molecule has 0 radical (unpaired) electrons. The van der Waals surface area contributed by atoms with Gasteiger partial charge in [-0.25, -0.2) is 0 Å². The van der Waals surface area contributed by atoms with E-state index in [-0.39, 0.29) is 0 Å². The topological polar surface area (TPSA) is 21.3 Å². The Balaban J connectivity index is 1.57. The fourth-order valence-corrected chi connectivity index (χ4v) is 3.08. The molecule has 0 spiro atoms. The zero-order valence-corrected chi connectivity index (χ0v) is 13.1. The molecule has 0 aliphatic heterocycles. The highest BCUT2D eigenvalue weighted by molar-refractivity contribution is 9.10. The van der Waals surface area contributed by atoms with Gasteiger partial charge in [0.2, 0.25) is 0 Å². The molecule has 1 aliphatic carbocycles. The number of para-hydroxylation sites is 1. The second-order valence-electron chi connectivity index (χ2n) is 5.26. The first-order chi connectivity index (χ1) is 9.76. The molecule has 1 N–H and O–H groups in total. The van der Waals surface area contributed by atoms with E-state index in [1.807, 2.05) is 18.2 Å². The van der Waals surface area contributed by atoms with E-state index in [4.69, 9.17) is 4.74 Å². The molecule has 3 rings (SSSR count). The van der Waals surface area contributed by atoms with E-state index in [1.54, 1.807) is 7.11 Å². The molecular weight excluding hydrogens is 314 g/mol. The SMILES string of the molecule is COc1ccc(C2CC(Nc3ccccc3Br)C2)cc1. The molecule has 2 nitrogen and oxygen atoms in total. The zero-order chi connectivity index (χ0) is 13.9. The minimum atomic E-state index is 0.570. The molecule has 104 valence electrons. The van der Waals surface area contributed by atoms with Gasteiger partial charge in [-0.3, -0.25) is 0 Å². The highest BCUT2D eigenvalue weighted by Crippen LogP contribution is 2.39. The molecule has 2 aromatic carbocycles. The summed E-state index contributed by atoms with van der Waals surface area (Å²) in [7, 11) is 1.70. The summed E-state index contributed by atoms with van der Waals surface area (Å²) in [6.45, 7) is 0. The Bertz CT molecular complexity index is 576. The van der Waals surface area contributed by atoms with Gasteiger partial charge in [-0.15, -0.1) is 0 Å². The Kier molecular flexibility index (Phi) is 3.97. The van der Waals surface area contributed by atoms with Gasteiger partial charge in [0.25, 0.3) is 0 Å². The lowest BCUT2D eigenvalue weighted by Crippen LogP contribution is -2.34. The number of halogens is 1. The Morgan fingerprint density at radius 3 is 2.40 bits per heavy atom. The van der Waals surface area contributed by atoms with E-state index in [1.165, 1.54) is 24.1 Å². The van der Waals surface area contributed by atoms with Gasteiger partial charge in [0.15, 0.2) is 0 Å². The summed E-state index contributed by atoms with van der Waals surface area (Å²) in [5, 5.41) is 3.60. The lowest BCUT2D eigenvalue weighted by Gasteiger charge is -2.37. The van der Waals surface area contributed by atoms with Gasteiger partial charge < -0.3 is 10.1 Å². The molecule has 1 aliphatic rings. The lowest BCUT2D eigenvalue weighted by molar-refractivity contribution is 0.373. The molecule has 0 aromatic heterocycles. The average Bonchev–Trinajstić information content (AvgIpc) is 2.44. The number of ether oxygens (including phenoxy) is 1. The maximum Gasteiger partial charge on any atom is 0.118 e. The number of methoxy groups -OCH3 is 1. The monoisotopic (exact) mass is 331 g/mol. The zero-order valence-electron chi connectivity index (χ0n) is 11.5. The van der Waals surface area contributed by atoms with Gasteiger partial charge in [0.1, 0.15) is 5.75 Å². The fraction of sp³-hybridized carbons (Fsp3) is 0.294. The van der Waals surface area contributed by atoms with Crippen LogP contribution in [0.4, 0.5) is 5.69 Å². The van der Waals surface area contributed by atoms with E-state index in [2.05, 4.69) is 51.6 Å². The van der Waals surface area contributed by atoms with Gasteiger partial charge >= 0.3 is 0 Å². The third-order valence-electron chi connectivity index (χ3n) is 3.96. The number of hydrogen-bond donors (Lipinski definition) is 1. The van der Waals surface area contributed by atoms with Crippen LogP contribution >= 0.6 is 15.9 Å². The van der Waals surface area contributed by atoms with Crippen LogP contribution in [0.3, 0.4) is 0 Å². The van der Waals surface area contributed by atoms with Crippen molar-refractivity contribution in [2.45, 2.75) is 24.8 Å². The van der Waals surface area contributed by atoms with Crippen molar-refractivity contribution in [2.24, 2.45) is 0 Å². The van der Waals surface area contributed by atoms with Gasteiger partial charge in [0.05, 0.1) is 7.11 Å². The molecule has 3 heteroatoms. The quantitative estimate of drug-likeness (QED) is 0.867. The number of hydrogen-bond acceptors (Lipinski definition) is 2. The van der Waals surface area contributed by atoms with E-state index in [0.29, 0.717) is 12.0 Å². The molecule has 2 aromatic rings. The highest BCUT2D eigenvalue weighted by atomic mass is 79.9. The lowest BCUT2D eigenvalue weighted by atomic mass is 9.76. The Hall–Kier alpha value is -1.48. The van der Waals surface area contributed by atoms with E-state index in [0.717, 1.165) is 10.2 Å². The van der Waals surface area contributed by atoms with Gasteiger partial charge in [0, 0.05) is 16.2 Å². The number of benzene rings is 2. The van der Waals surface area contributed by atoms with E-state index in [9.17, 15) is 0 Å². The fourth-order valence-electron chi connectivity index (χ4n) is 2.68. The summed E-state index contributed by atoms with van der Waals surface area (Å²) < 4.78 is 6.33. The first kappa shape index (κ1) is 13.5. The summed E-state index contributed by atoms with van der Waals surface area (Å²) in [6.07, 6.45) is 2.38. The largest absolute Gasteiger partial charge is 0.497 e. The van der Waals surface area contributed by atoms with E-state index < -0.39 is 0 Å². The number of rotatable bonds is 4. The van der Waals surface area contributed by atoms with E-state index >= 15 is 0 Å². The summed E-state index contributed by atoms with van der Waals surface area (Å²) in [5.41, 5.74) is 2.60. The molecule has 1 fully saturated rings. The Morgan fingerprint density at radius 2 is 1.75 bits per heavy atom. The van der Waals surface area contributed by atoms with Crippen LogP contribution in [-0.2, 0) is 0 Å². The molecule has 0 unspecified atom stereocenters. The first-order valence-corrected chi connectivity index (χ1v) is 7.70. The summed E-state index contributed by atoms with van der Waals surface area (Å²) >= 11 is 3.58. The first-order valence-electron chi connectivity index (χ1n) is 6.91. The molecule has 0 atom stereocenters. The Morgan fingerprint density at radius 1 is 1.05 bits per heavy atom. The van der Waals surface area contributed by atoms with Crippen LogP contribution in [0, 0.1) is 0 Å². The summed E-state index contributed by atoms with van der Waals surface area (Å²) in [4.78, 5) is 0. The van der Waals surface area contributed by atoms with Crippen LogP contribution < -0.4 is 10.1 Å². The molecule has 20 heavy (non-hydrogen) atoms.